The summed E-state index contributed by atoms with van der Waals surface area (Å²) in [6.45, 7) is 2.11. The van der Waals surface area contributed by atoms with E-state index in [0.717, 1.165) is 17.0 Å². The number of hydrogen-bond acceptors (Lipinski definition) is 4. The van der Waals surface area contributed by atoms with E-state index in [-0.39, 0.29) is 5.91 Å². The van der Waals surface area contributed by atoms with Gasteiger partial charge in [-0.3, -0.25) is 9.59 Å². The van der Waals surface area contributed by atoms with E-state index in [1.165, 1.54) is 16.9 Å². The molecule has 0 aliphatic heterocycles. The SMILES string of the molecule is CCc1ccc(-c2nc(C(=O)Nc3ccc(C(N)=O)cc3)cs2)cc1. The minimum absolute atomic E-state index is 0.292. The molecule has 0 saturated carbocycles. The summed E-state index contributed by atoms with van der Waals surface area (Å²) >= 11 is 1.43. The van der Waals surface area contributed by atoms with Crippen molar-refractivity contribution < 1.29 is 9.59 Å². The number of nitrogens with two attached hydrogens (primary N) is 1. The molecular weight excluding hydrogens is 334 g/mol. The number of rotatable bonds is 5. The van der Waals surface area contributed by atoms with Crippen molar-refractivity contribution in [3.8, 4) is 10.6 Å². The lowest BCUT2D eigenvalue weighted by Crippen LogP contribution is -2.13. The Labute approximate surface area is 149 Å². The van der Waals surface area contributed by atoms with E-state index >= 15 is 0 Å². The van der Waals surface area contributed by atoms with Crippen LogP contribution in [-0.2, 0) is 6.42 Å². The number of aromatic nitrogens is 1. The quantitative estimate of drug-likeness (QED) is 0.734. The maximum absolute atomic E-state index is 12.3. The Balaban J connectivity index is 1.72. The zero-order valence-corrected chi connectivity index (χ0v) is 14.5. The van der Waals surface area contributed by atoms with Crippen LogP contribution in [0.4, 0.5) is 5.69 Å². The van der Waals surface area contributed by atoms with Crippen LogP contribution in [0.5, 0.6) is 0 Å². The molecule has 3 aromatic rings. The van der Waals surface area contributed by atoms with Gasteiger partial charge in [0.25, 0.3) is 5.91 Å². The molecule has 0 unspecified atom stereocenters. The fourth-order valence-electron chi connectivity index (χ4n) is 2.31. The number of nitrogens with one attached hydrogen (secondary N) is 1. The van der Waals surface area contributed by atoms with E-state index in [1.54, 1.807) is 29.6 Å². The molecule has 25 heavy (non-hydrogen) atoms. The average Bonchev–Trinajstić information content (AvgIpc) is 3.12. The molecule has 0 fully saturated rings. The first-order valence-corrected chi connectivity index (χ1v) is 8.71. The Morgan fingerprint density at radius 2 is 1.76 bits per heavy atom. The number of amides is 2. The van der Waals surface area contributed by atoms with Gasteiger partial charge in [-0.05, 0) is 36.2 Å². The van der Waals surface area contributed by atoms with E-state index in [0.29, 0.717) is 16.9 Å². The maximum atomic E-state index is 12.3. The summed E-state index contributed by atoms with van der Waals surface area (Å²) in [6.07, 6.45) is 0.986. The number of aryl methyl sites for hydroxylation is 1. The van der Waals surface area contributed by atoms with Gasteiger partial charge in [0, 0.05) is 22.2 Å². The summed E-state index contributed by atoms with van der Waals surface area (Å²) < 4.78 is 0. The monoisotopic (exact) mass is 351 g/mol. The second-order valence-electron chi connectivity index (χ2n) is 5.48. The molecule has 3 rings (SSSR count). The van der Waals surface area contributed by atoms with Crippen molar-refractivity contribution in [1.29, 1.82) is 0 Å². The van der Waals surface area contributed by atoms with E-state index in [9.17, 15) is 9.59 Å². The standard InChI is InChI=1S/C19H17N3O2S/c1-2-12-3-5-14(6-4-12)19-22-16(11-25-19)18(24)21-15-9-7-13(8-10-15)17(20)23/h3-11H,2H2,1H3,(H2,20,23)(H,21,24). The third-order valence-corrected chi connectivity index (χ3v) is 4.66. The van der Waals surface area contributed by atoms with Gasteiger partial charge in [-0.25, -0.2) is 4.98 Å². The van der Waals surface area contributed by atoms with Crippen LogP contribution in [-0.4, -0.2) is 16.8 Å². The Hall–Kier alpha value is -2.99. The van der Waals surface area contributed by atoms with Crippen molar-refractivity contribution in [2.45, 2.75) is 13.3 Å². The molecule has 2 amide bonds. The second-order valence-corrected chi connectivity index (χ2v) is 6.34. The lowest BCUT2D eigenvalue weighted by atomic mass is 10.1. The Morgan fingerprint density at radius 3 is 2.36 bits per heavy atom. The van der Waals surface area contributed by atoms with Gasteiger partial charge in [0.1, 0.15) is 10.7 Å². The molecule has 126 valence electrons. The number of nitrogens with zero attached hydrogens (tertiary/aromatic N) is 1. The molecule has 0 atom stereocenters. The summed E-state index contributed by atoms with van der Waals surface area (Å²) in [6, 6.07) is 14.6. The third-order valence-electron chi connectivity index (χ3n) is 3.77. The van der Waals surface area contributed by atoms with Crippen LogP contribution < -0.4 is 11.1 Å². The molecule has 3 N–H and O–H groups in total. The van der Waals surface area contributed by atoms with Crippen LogP contribution in [0.25, 0.3) is 10.6 Å². The zero-order chi connectivity index (χ0) is 17.8. The van der Waals surface area contributed by atoms with Gasteiger partial charge in [-0.15, -0.1) is 11.3 Å². The van der Waals surface area contributed by atoms with E-state index in [1.807, 2.05) is 12.1 Å². The molecule has 0 spiro atoms. The number of benzene rings is 2. The van der Waals surface area contributed by atoms with Gasteiger partial charge in [-0.1, -0.05) is 31.2 Å². The summed E-state index contributed by atoms with van der Waals surface area (Å²) in [4.78, 5) is 27.8. The Kier molecular flexibility index (Phi) is 4.90. The second kappa shape index (κ2) is 7.27. The maximum Gasteiger partial charge on any atom is 0.275 e. The Morgan fingerprint density at radius 1 is 1.08 bits per heavy atom. The number of primary amides is 1. The molecule has 6 heteroatoms. The summed E-state index contributed by atoms with van der Waals surface area (Å²) in [5.41, 5.74) is 8.79. The van der Waals surface area contributed by atoms with Gasteiger partial charge in [0.15, 0.2) is 0 Å². The molecule has 2 aromatic carbocycles. The first kappa shape index (κ1) is 16.9. The van der Waals surface area contributed by atoms with Crippen molar-refractivity contribution in [2.24, 2.45) is 5.73 Å². The molecule has 0 aliphatic rings. The van der Waals surface area contributed by atoms with Gasteiger partial charge in [-0.2, -0.15) is 0 Å². The molecule has 1 aromatic heterocycles. The highest BCUT2D eigenvalue weighted by Crippen LogP contribution is 2.24. The van der Waals surface area contributed by atoms with Crippen molar-refractivity contribution in [2.75, 3.05) is 5.32 Å². The normalized spacial score (nSPS) is 10.4. The van der Waals surface area contributed by atoms with Crippen molar-refractivity contribution in [3.63, 3.8) is 0 Å². The molecule has 0 saturated heterocycles. The molecule has 0 bridgehead atoms. The third kappa shape index (κ3) is 3.92. The fraction of sp³-hybridized carbons (Fsp3) is 0.105. The Bertz CT molecular complexity index is 899. The van der Waals surface area contributed by atoms with Crippen LogP contribution in [0, 0.1) is 0 Å². The van der Waals surface area contributed by atoms with Gasteiger partial charge < -0.3 is 11.1 Å². The molecular formula is C19H17N3O2S. The van der Waals surface area contributed by atoms with Crippen LogP contribution in [0.3, 0.4) is 0 Å². The minimum Gasteiger partial charge on any atom is -0.366 e. The van der Waals surface area contributed by atoms with Crippen LogP contribution in [0.1, 0.15) is 33.3 Å². The van der Waals surface area contributed by atoms with E-state index < -0.39 is 5.91 Å². The highest BCUT2D eigenvalue weighted by Gasteiger charge is 2.12. The first-order chi connectivity index (χ1) is 12.1. The predicted molar refractivity (Wildman–Crippen MR) is 99.8 cm³/mol. The highest BCUT2D eigenvalue weighted by molar-refractivity contribution is 7.13. The number of thiazole rings is 1. The predicted octanol–water partition coefficient (Wildman–Crippen LogP) is 3.72. The van der Waals surface area contributed by atoms with Gasteiger partial charge in [0.2, 0.25) is 5.91 Å². The highest BCUT2D eigenvalue weighted by atomic mass is 32.1. The van der Waals surface area contributed by atoms with E-state index in [4.69, 9.17) is 5.73 Å². The molecule has 0 radical (unpaired) electrons. The molecule has 5 nitrogen and oxygen atoms in total. The van der Waals surface area contributed by atoms with Crippen LogP contribution in [0.15, 0.2) is 53.9 Å². The average molecular weight is 351 g/mol. The summed E-state index contributed by atoms with van der Waals surface area (Å²) in [5.74, 6) is -0.796. The van der Waals surface area contributed by atoms with Crippen molar-refractivity contribution in [1.82, 2.24) is 4.98 Å². The lowest BCUT2D eigenvalue weighted by molar-refractivity contribution is 0.0998. The topological polar surface area (TPSA) is 85.1 Å². The van der Waals surface area contributed by atoms with E-state index in [2.05, 4.69) is 29.4 Å². The summed E-state index contributed by atoms with van der Waals surface area (Å²) in [7, 11) is 0. The van der Waals surface area contributed by atoms with Crippen LogP contribution in [0.2, 0.25) is 0 Å². The summed E-state index contributed by atoms with van der Waals surface area (Å²) in [5, 5.41) is 5.30. The fourth-order valence-corrected chi connectivity index (χ4v) is 3.11. The number of anilines is 1. The minimum atomic E-state index is -0.504. The smallest absolute Gasteiger partial charge is 0.275 e. The number of carbonyl (C=O) groups excluding carboxylic acids is 2. The van der Waals surface area contributed by atoms with Crippen molar-refractivity contribution >= 4 is 28.8 Å². The van der Waals surface area contributed by atoms with Gasteiger partial charge >= 0.3 is 0 Å². The first-order valence-electron chi connectivity index (χ1n) is 7.83. The number of hydrogen-bond donors (Lipinski definition) is 2. The number of carbonyl (C=O) groups is 2. The lowest BCUT2D eigenvalue weighted by Gasteiger charge is -2.03. The largest absolute Gasteiger partial charge is 0.366 e. The van der Waals surface area contributed by atoms with Crippen LogP contribution >= 0.6 is 11.3 Å². The zero-order valence-electron chi connectivity index (χ0n) is 13.7. The van der Waals surface area contributed by atoms with Gasteiger partial charge in [0.05, 0.1) is 0 Å². The molecule has 1 heterocycles. The van der Waals surface area contributed by atoms with Crippen molar-refractivity contribution in [3.05, 3.63) is 70.7 Å². The molecule has 0 aliphatic carbocycles.